The average molecular weight is 324 g/mol. The van der Waals surface area contributed by atoms with Crippen LogP contribution < -0.4 is 10.2 Å². The van der Waals surface area contributed by atoms with Crippen molar-refractivity contribution < 1.29 is 9.59 Å². The molecule has 0 saturated heterocycles. The maximum Gasteiger partial charge on any atom is 0.258 e. The number of benzene rings is 2. The molecule has 0 bridgehead atoms. The summed E-state index contributed by atoms with van der Waals surface area (Å²) in [5.74, 6) is -0.0639. The Balaban J connectivity index is 1.96. The van der Waals surface area contributed by atoms with Gasteiger partial charge in [-0.2, -0.15) is 0 Å². The lowest BCUT2D eigenvalue weighted by molar-refractivity contribution is -0.116. The third-order valence-corrected chi connectivity index (χ3v) is 3.87. The summed E-state index contributed by atoms with van der Waals surface area (Å²) in [6.07, 6.45) is 3.59. The van der Waals surface area contributed by atoms with Crippen molar-refractivity contribution in [1.29, 1.82) is 0 Å². The molecule has 0 heterocycles. The molecule has 126 valence electrons. The van der Waals surface area contributed by atoms with Gasteiger partial charge in [-0.25, -0.2) is 0 Å². The van der Waals surface area contributed by atoms with Gasteiger partial charge in [-0.15, -0.1) is 0 Å². The second-order valence-electron chi connectivity index (χ2n) is 5.78. The molecule has 1 N–H and O–H groups in total. The first-order valence-corrected chi connectivity index (χ1v) is 8.35. The van der Waals surface area contributed by atoms with Crippen LogP contribution in [0.1, 0.15) is 43.0 Å². The molecular weight excluding hydrogens is 300 g/mol. The molecule has 4 nitrogen and oxygen atoms in total. The van der Waals surface area contributed by atoms with Crippen molar-refractivity contribution in [2.75, 3.05) is 17.3 Å². The quantitative estimate of drug-likeness (QED) is 0.763. The fourth-order valence-electron chi connectivity index (χ4n) is 2.42. The van der Waals surface area contributed by atoms with Gasteiger partial charge in [-0.3, -0.25) is 9.59 Å². The van der Waals surface area contributed by atoms with Crippen LogP contribution in [0.4, 0.5) is 11.4 Å². The number of rotatable bonds is 7. The summed E-state index contributed by atoms with van der Waals surface area (Å²) < 4.78 is 0. The molecule has 0 spiro atoms. The minimum absolute atomic E-state index is 0.0175. The normalized spacial score (nSPS) is 10.2. The van der Waals surface area contributed by atoms with Gasteiger partial charge in [0.2, 0.25) is 5.91 Å². The van der Waals surface area contributed by atoms with Gasteiger partial charge < -0.3 is 10.2 Å². The Morgan fingerprint density at radius 1 is 0.958 bits per heavy atom. The van der Waals surface area contributed by atoms with E-state index in [1.54, 1.807) is 36.2 Å². The Morgan fingerprint density at radius 3 is 2.25 bits per heavy atom. The molecule has 0 aliphatic carbocycles. The minimum Gasteiger partial charge on any atom is -0.326 e. The number of carbonyl (C=O) groups excluding carboxylic acids is 2. The minimum atomic E-state index is -0.0815. The SMILES string of the molecule is CCCCCC(=O)Nc1ccc(C(=O)N(C)c2ccccc2)cc1. The third kappa shape index (κ3) is 4.95. The van der Waals surface area contributed by atoms with Crippen molar-refractivity contribution in [2.45, 2.75) is 32.6 Å². The fraction of sp³-hybridized carbons (Fsp3) is 0.300. The van der Waals surface area contributed by atoms with E-state index in [2.05, 4.69) is 12.2 Å². The number of amides is 2. The van der Waals surface area contributed by atoms with Crippen LogP contribution in [0.5, 0.6) is 0 Å². The maximum atomic E-state index is 12.5. The summed E-state index contributed by atoms with van der Waals surface area (Å²) in [4.78, 5) is 25.9. The molecule has 0 atom stereocenters. The van der Waals surface area contributed by atoms with Gasteiger partial charge in [0, 0.05) is 30.4 Å². The highest BCUT2D eigenvalue weighted by atomic mass is 16.2. The topological polar surface area (TPSA) is 49.4 Å². The Hall–Kier alpha value is -2.62. The van der Waals surface area contributed by atoms with Crippen molar-refractivity contribution in [3.8, 4) is 0 Å². The molecular formula is C20H24N2O2. The molecule has 0 saturated carbocycles. The molecule has 2 rings (SSSR count). The standard InChI is InChI=1S/C20H24N2O2/c1-3-4-6-11-19(23)21-17-14-12-16(13-15-17)20(24)22(2)18-9-7-5-8-10-18/h5,7-10,12-15H,3-4,6,11H2,1-2H3,(H,21,23). The number of hydrogen-bond acceptors (Lipinski definition) is 2. The van der Waals surface area contributed by atoms with Crippen molar-refractivity contribution in [3.63, 3.8) is 0 Å². The highest BCUT2D eigenvalue weighted by molar-refractivity contribution is 6.06. The van der Waals surface area contributed by atoms with E-state index in [-0.39, 0.29) is 11.8 Å². The number of hydrogen-bond donors (Lipinski definition) is 1. The molecule has 2 aromatic carbocycles. The lowest BCUT2D eigenvalue weighted by Gasteiger charge is -2.17. The van der Waals surface area contributed by atoms with E-state index < -0.39 is 0 Å². The second-order valence-corrected chi connectivity index (χ2v) is 5.78. The summed E-state index contributed by atoms with van der Waals surface area (Å²) in [6, 6.07) is 16.5. The van der Waals surface area contributed by atoms with Crippen LogP contribution in [0.2, 0.25) is 0 Å². The number of unbranched alkanes of at least 4 members (excludes halogenated alkanes) is 2. The number of para-hydroxylation sites is 1. The first-order valence-electron chi connectivity index (χ1n) is 8.35. The van der Waals surface area contributed by atoms with Crippen LogP contribution in [-0.2, 0) is 4.79 Å². The van der Waals surface area contributed by atoms with E-state index >= 15 is 0 Å². The van der Waals surface area contributed by atoms with E-state index in [1.807, 2.05) is 30.3 Å². The zero-order valence-electron chi connectivity index (χ0n) is 14.3. The van der Waals surface area contributed by atoms with Crippen molar-refractivity contribution in [3.05, 3.63) is 60.2 Å². The van der Waals surface area contributed by atoms with Crippen LogP contribution >= 0.6 is 0 Å². The highest BCUT2D eigenvalue weighted by Crippen LogP contribution is 2.17. The van der Waals surface area contributed by atoms with Gasteiger partial charge in [0.25, 0.3) is 5.91 Å². The van der Waals surface area contributed by atoms with Gasteiger partial charge in [0.05, 0.1) is 0 Å². The van der Waals surface area contributed by atoms with E-state index in [0.717, 1.165) is 30.6 Å². The maximum absolute atomic E-state index is 12.5. The number of carbonyl (C=O) groups is 2. The van der Waals surface area contributed by atoms with Crippen molar-refractivity contribution >= 4 is 23.2 Å². The largest absolute Gasteiger partial charge is 0.326 e. The molecule has 2 amide bonds. The van der Waals surface area contributed by atoms with E-state index in [1.165, 1.54) is 0 Å². The van der Waals surface area contributed by atoms with Gasteiger partial charge >= 0.3 is 0 Å². The Kier molecular flexibility index (Phi) is 6.55. The zero-order chi connectivity index (χ0) is 17.4. The van der Waals surface area contributed by atoms with Gasteiger partial charge in [-0.05, 0) is 42.8 Å². The molecule has 0 aromatic heterocycles. The third-order valence-electron chi connectivity index (χ3n) is 3.87. The Labute approximate surface area is 143 Å². The van der Waals surface area contributed by atoms with E-state index in [9.17, 15) is 9.59 Å². The lowest BCUT2D eigenvalue weighted by atomic mass is 10.1. The Morgan fingerprint density at radius 2 is 1.62 bits per heavy atom. The van der Waals surface area contributed by atoms with Crippen LogP contribution in [-0.4, -0.2) is 18.9 Å². The number of anilines is 2. The van der Waals surface area contributed by atoms with Crippen molar-refractivity contribution in [1.82, 2.24) is 0 Å². The predicted octanol–water partition coefficient (Wildman–Crippen LogP) is 4.48. The van der Waals surface area contributed by atoms with Crippen LogP contribution in [0.15, 0.2) is 54.6 Å². The van der Waals surface area contributed by atoms with Crippen LogP contribution in [0.3, 0.4) is 0 Å². The monoisotopic (exact) mass is 324 g/mol. The summed E-state index contributed by atoms with van der Waals surface area (Å²) in [7, 11) is 1.75. The molecule has 0 unspecified atom stereocenters. The summed E-state index contributed by atoms with van der Waals surface area (Å²) >= 11 is 0. The molecule has 2 aromatic rings. The summed E-state index contributed by atoms with van der Waals surface area (Å²) in [5.41, 5.74) is 2.15. The summed E-state index contributed by atoms with van der Waals surface area (Å²) in [6.45, 7) is 2.11. The molecule has 24 heavy (non-hydrogen) atoms. The first-order chi connectivity index (χ1) is 11.6. The second kappa shape index (κ2) is 8.87. The molecule has 4 heteroatoms. The molecule has 0 radical (unpaired) electrons. The number of nitrogens with one attached hydrogen (secondary N) is 1. The molecule has 0 aliphatic rings. The van der Waals surface area contributed by atoms with Crippen LogP contribution in [0.25, 0.3) is 0 Å². The Bertz CT molecular complexity index is 666. The number of nitrogens with zero attached hydrogens (tertiary/aromatic N) is 1. The molecule has 0 aliphatic heterocycles. The smallest absolute Gasteiger partial charge is 0.258 e. The zero-order valence-corrected chi connectivity index (χ0v) is 14.3. The van der Waals surface area contributed by atoms with Gasteiger partial charge in [-0.1, -0.05) is 38.0 Å². The average Bonchev–Trinajstić information content (AvgIpc) is 2.62. The first kappa shape index (κ1) is 17.7. The van der Waals surface area contributed by atoms with Crippen molar-refractivity contribution in [2.24, 2.45) is 0 Å². The summed E-state index contributed by atoms with van der Waals surface area (Å²) in [5, 5.41) is 2.86. The fourth-order valence-corrected chi connectivity index (χ4v) is 2.42. The highest BCUT2D eigenvalue weighted by Gasteiger charge is 2.13. The van der Waals surface area contributed by atoms with Gasteiger partial charge in [0.15, 0.2) is 0 Å². The van der Waals surface area contributed by atoms with E-state index in [0.29, 0.717) is 12.0 Å². The lowest BCUT2D eigenvalue weighted by Crippen LogP contribution is -2.26. The van der Waals surface area contributed by atoms with Gasteiger partial charge in [0.1, 0.15) is 0 Å². The molecule has 0 fully saturated rings. The predicted molar refractivity (Wildman–Crippen MR) is 98.4 cm³/mol. The van der Waals surface area contributed by atoms with Crippen LogP contribution in [0, 0.1) is 0 Å². The van der Waals surface area contributed by atoms with E-state index in [4.69, 9.17) is 0 Å².